The number of hydrogen-bond acceptors (Lipinski definition) is 6. The molecule has 3 rings (SSSR count). The van der Waals surface area contributed by atoms with Crippen LogP contribution in [0.15, 0.2) is 36.7 Å². The molecule has 1 saturated heterocycles. The lowest BCUT2D eigenvalue weighted by atomic mass is 10.2. The van der Waals surface area contributed by atoms with Gasteiger partial charge in [-0.1, -0.05) is 12.1 Å². The van der Waals surface area contributed by atoms with Gasteiger partial charge in [0.05, 0.1) is 23.6 Å². The second-order valence-corrected chi connectivity index (χ2v) is 5.66. The third-order valence-corrected chi connectivity index (χ3v) is 3.97. The fraction of sp³-hybridized carbons (Fsp3) is 0.294. The molecule has 0 aliphatic carbocycles. The predicted octanol–water partition coefficient (Wildman–Crippen LogP) is 1.48. The van der Waals surface area contributed by atoms with E-state index >= 15 is 0 Å². The highest BCUT2D eigenvalue weighted by atomic mass is 16.2. The summed E-state index contributed by atoms with van der Waals surface area (Å²) in [5, 5.41) is 12.1. The number of nitrogens with zero attached hydrogens (tertiary/aromatic N) is 5. The summed E-state index contributed by atoms with van der Waals surface area (Å²) in [7, 11) is 2.04. The second-order valence-electron chi connectivity index (χ2n) is 5.66. The molecule has 0 unspecified atom stereocenters. The van der Waals surface area contributed by atoms with Crippen LogP contribution < -0.4 is 5.32 Å². The lowest BCUT2D eigenvalue weighted by Gasteiger charge is -2.32. The van der Waals surface area contributed by atoms with Gasteiger partial charge in [-0.3, -0.25) is 4.79 Å². The maximum absolute atomic E-state index is 12.4. The molecule has 7 heteroatoms. The van der Waals surface area contributed by atoms with Crippen molar-refractivity contribution < 1.29 is 4.79 Å². The molecule has 1 N–H and O–H groups in total. The lowest BCUT2D eigenvalue weighted by Crippen LogP contribution is -2.47. The third kappa shape index (κ3) is 3.50. The fourth-order valence-electron chi connectivity index (χ4n) is 2.50. The number of anilines is 2. The molecular weight excluding hydrogens is 304 g/mol. The van der Waals surface area contributed by atoms with E-state index in [1.54, 1.807) is 23.1 Å². The quantitative estimate of drug-likeness (QED) is 0.921. The van der Waals surface area contributed by atoms with Crippen molar-refractivity contribution in [2.45, 2.75) is 0 Å². The van der Waals surface area contributed by atoms with E-state index < -0.39 is 0 Å². The number of para-hydroxylation sites is 1. The van der Waals surface area contributed by atoms with E-state index in [1.165, 1.54) is 12.4 Å². The van der Waals surface area contributed by atoms with Gasteiger partial charge in [0.15, 0.2) is 0 Å². The van der Waals surface area contributed by atoms with E-state index in [9.17, 15) is 4.79 Å². The van der Waals surface area contributed by atoms with Gasteiger partial charge in [0.25, 0.3) is 5.91 Å². The summed E-state index contributed by atoms with van der Waals surface area (Å²) < 4.78 is 0. The number of carbonyl (C=O) groups excluding carboxylic acids is 1. The van der Waals surface area contributed by atoms with Gasteiger partial charge in [-0.05, 0) is 19.2 Å². The molecule has 1 fully saturated rings. The summed E-state index contributed by atoms with van der Waals surface area (Å²) in [6.07, 6.45) is 2.98. The molecule has 24 heavy (non-hydrogen) atoms. The zero-order valence-electron chi connectivity index (χ0n) is 13.4. The molecule has 1 aromatic carbocycles. The molecule has 2 aromatic rings. The van der Waals surface area contributed by atoms with Gasteiger partial charge in [-0.15, -0.1) is 0 Å². The summed E-state index contributed by atoms with van der Waals surface area (Å²) in [6, 6.07) is 9.27. The Morgan fingerprint density at radius 3 is 2.58 bits per heavy atom. The van der Waals surface area contributed by atoms with Crippen LogP contribution in [0.1, 0.15) is 16.1 Å². The Morgan fingerprint density at radius 1 is 1.17 bits per heavy atom. The highest BCUT2D eigenvalue weighted by molar-refractivity contribution is 5.92. The number of likely N-dealkylation sites (N-methyl/N-ethyl adjacent to an activating group) is 1. The van der Waals surface area contributed by atoms with Crippen molar-refractivity contribution in [2.24, 2.45) is 0 Å². The van der Waals surface area contributed by atoms with Crippen LogP contribution in [0.2, 0.25) is 0 Å². The van der Waals surface area contributed by atoms with Crippen LogP contribution in [0.4, 0.5) is 11.5 Å². The molecule has 2 heterocycles. The molecule has 1 aromatic heterocycles. The lowest BCUT2D eigenvalue weighted by molar-refractivity contribution is 0.0658. The summed E-state index contributed by atoms with van der Waals surface area (Å²) >= 11 is 0. The normalized spacial score (nSPS) is 14.9. The van der Waals surface area contributed by atoms with Gasteiger partial charge in [0, 0.05) is 26.2 Å². The minimum atomic E-state index is -0.0976. The molecule has 1 amide bonds. The molecule has 1 aliphatic rings. The zero-order valence-corrected chi connectivity index (χ0v) is 13.4. The first-order chi connectivity index (χ1) is 11.7. The molecule has 122 valence electrons. The Labute approximate surface area is 140 Å². The second kappa shape index (κ2) is 7.06. The number of rotatable bonds is 3. The first kappa shape index (κ1) is 15.9. The monoisotopic (exact) mass is 322 g/mol. The molecule has 0 saturated carbocycles. The average molecular weight is 322 g/mol. The summed E-state index contributed by atoms with van der Waals surface area (Å²) in [5.74, 6) is 0.396. The van der Waals surface area contributed by atoms with E-state index in [2.05, 4.69) is 26.3 Å². The van der Waals surface area contributed by atoms with Crippen molar-refractivity contribution in [1.29, 1.82) is 5.26 Å². The minimum absolute atomic E-state index is 0.0976. The van der Waals surface area contributed by atoms with Crippen LogP contribution in [0.25, 0.3) is 0 Å². The van der Waals surface area contributed by atoms with Crippen LogP contribution in [0, 0.1) is 11.3 Å². The van der Waals surface area contributed by atoms with E-state index in [1.807, 2.05) is 13.1 Å². The Kier molecular flexibility index (Phi) is 4.68. The molecular formula is C17H18N6O. The molecule has 0 radical (unpaired) electrons. The maximum atomic E-state index is 12.4. The van der Waals surface area contributed by atoms with Crippen LogP contribution >= 0.6 is 0 Å². The van der Waals surface area contributed by atoms with E-state index in [0.29, 0.717) is 35.9 Å². The highest BCUT2D eigenvalue weighted by Gasteiger charge is 2.21. The van der Waals surface area contributed by atoms with E-state index in [4.69, 9.17) is 5.26 Å². The summed E-state index contributed by atoms with van der Waals surface area (Å²) in [6.45, 7) is 3.13. The smallest absolute Gasteiger partial charge is 0.274 e. The van der Waals surface area contributed by atoms with Crippen molar-refractivity contribution in [3.63, 3.8) is 0 Å². The number of amides is 1. The molecule has 0 atom stereocenters. The SMILES string of the molecule is CN1CCN(C(=O)c2cnc(Nc3ccccc3C#N)cn2)CC1. The third-order valence-electron chi connectivity index (χ3n) is 3.97. The molecule has 0 bridgehead atoms. The van der Waals surface area contributed by atoms with Crippen molar-refractivity contribution in [3.05, 3.63) is 47.9 Å². The summed E-state index contributed by atoms with van der Waals surface area (Å²) in [5.41, 5.74) is 1.52. The summed E-state index contributed by atoms with van der Waals surface area (Å²) in [4.78, 5) is 24.9. The number of nitriles is 1. The number of nitrogens with one attached hydrogen (secondary N) is 1. The number of benzene rings is 1. The van der Waals surface area contributed by atoms with Crippen LogP contribution in [-0.2, 0) is 0 Å². The molecule has 0 spiro atoms. The average Bonchev–Trinajstić information content (AvgIpc) is 2.63. The number of piperazine rings is 1. The van der Waals surface area contributed by atoms with Crippen molar-refractivity contribution in [1.82, 2.24) is 19.8 Å². The first-order valence-electron chi connectivity index (χ1n) is 7.73. The molecule has 7 nitrogen and oxygen atoms in total. The largest absolute Gasteiger partial charge is 0.338 e. The van der Waals surface area contributed by atoms with Gasteiger partial charge in [-0.25, -0.2) is 9.97 Å². The van der Waals surface area contributed by atoms with Gasteiger partial charge in [-0.2, -0.15) is 5.26 Å². The molecule has 1 aliphatic heterocycles. The number of carbonyl (C=O) groups is 1. The topological polar surface area (TPSA) is 85.1 Å². The number of hydrogen-bond donors (Lipinski definition) is 1. The minimum Gasteiger partial charge on any atom is -0.338 e. The van der Waals surface area contributed by atoms with Gasteiger partial charge >= 0.3 is 0 Å². The Hall–Kier alpha value is -2.98. The Morgan fingerprint density at radius 2 is 1.92 bits per heavy atom. The van der Waals surface area contributed by atoms with Crippen LogP contribution in [-0.4, -0.2) is 58.9 Å². The maximum Gasteiger partial charge on any atom is 0.274 e. The van der Waals surface area contributed by atoms with Gasteiger partial charge in [0.1, 0.15) is 17.6 Å². The first-order valence-corrected chi connectivity index (χ1v) is 7.73. The van der Waals surface area contributed by atoms with Gasteiger partial charge < -0.3 is 15.1 Å². The van der Waals surface area contributed by atoms with E-state index in [-0.39, 0.29) is 5.91 Å². The van der Waals surface area contributed by atoms with Crippen LogP contribution in [0.3, 0.4) is 0 Å². The van der Waals surface area contributed by atoms with Crippen molar-refractivity contribution >= 4 is 17.4 Å². The van der Waals surface area contributed by atoms with Crippen molar-refractivity contribution in [3.8, 4) is 6.07 Å². The van der Waals surface area contributed by atoms with E-state index in [0.717, 1.165) is 13.1 Å². The zero-order chi connectivity index (χ0) is 16.9. The predicted molar refractivity (Wildman–Crippen MR) is 89.9 cm³/mol. The van der Waals surface area contributed by atoms with Crippen LogP contribution in [0.5, 0.6) is 0 Å². The standard InChI is InChI=1S/C17H18N6O/c1-22-6-8-23(9-7-22)17(24)15-11-20-16(12-19-15)21-14-5-3-2-4-13(14)10-18/h2-5,11-12H,6-9H2,1H3,(H,20,21). The Bertz CT molecular complexity index is 759. The number of aromatic nitrogens is 2. The fourth-order valence-corrected chi connectivity index (χ4v) is 2.50. The Balaban J connectivity index is 1.69. The van der Waals surface area contributed by atoms with Crippen molar-refractivity contribution in [2.75, 3.05) is 38.5 Å². The highest BCUT2D eigenvalue weighted by Crippen LogP contribution is 2.18. The van der Waals surface area contributed by atoms with Gasteiger partial charge in [0.2, 0.25) is 0 Å².